The van der Waals surface area contributed by atoms with Crippen LogP contribution in [0.1, 0.15) is 31.7 Å². The number of esters is 1. The molecule has 0 saturated carbocycles. The summed E-state index contributed by atoms with van der Waals surface area (Å²) in [4.78, 5) is 13.0. The predicted octanol–water partition coefficient (Wildman–Crippen LogP) is 1.92. The first-order chi connectivity index (χ1) is 11.6. The molecule has 7 heteroatoms. The second kappa shape index (κ2) is 7.32. The summed E-state index contributed by atoms with van der Waals surface area (Å²) >= 11 is 6.01. The van der Waals surface area contributed by atoms with E-state index in [0.29, 0.717) is 16.8 Å². The highest BCUT2D eigenvalue weighted by atomic mass is 35.5. The summed E-state index contributed by atoms with van der Waals surface area (Å²) in [5.74, 6) is 0.984. The molecule has 1 saturated heterocycles. The molecule has 0 spiro atoms. The maximum absolute atomic E-state index is 11.6. The van der Waals surface area contributed by atoms with Crippen LogP contribution in [0.5, 0.6) is 0 Å². The summed E-state index contributed by atoms with van der Waals surface area (Å²) < 4.78 is 10.7. The number of hydrogen-bond donors (Lipinski definition) is 1. The van der Waals surface area contributed by atoms with Crippen molar-refractivity contribution in [3.05, 3.63) is 35.2 Å². The lowest BCUT2D eigenvalue weighted by Crippen LogP contribution is -3.13. The summed E-state index contributed by atoms with van der Waals surface area (Å²) in [5, 5.41) is 8.97. The van der Waals surface area contributed by atoms with Crippen LogP contribution in [-0.2, 0) is 9.53 Å². The molecule has 0 radical (unpaired) electrons. The van der Waals surface area contributed by atoms with Crippen LogP contribution < -0.4 is 4.90 Å². The number of carbonyl (C=O) groups excluding carboxylic acids is 1. The van der Waals surface area contributed by atoms with Gasteiger partial charge in [0.15, 0.2) is 6.04 Å². The topological polar surface area (TPSA) is 69.7 Å². The van der Waals surface area contributed by atoms with E-state index in [9.17, 15) is 4.79 Å². The minimum absolute atomic E-state index is 0.00987. The molecule has 2 aromatic rings. The first kappa shape index (κ1) is 16.9. The third kappa shape index (κ3) is 3.60. The van der Waals surface area contributed by atoms with Gasteiger partial charge in [0.25, 0.3) is 5.89 Å². The van der Waals surface area contributed by atoms with E-state index in [2.05, 4.69) is 17.1 Å². The Morgan fingerprint density at radius 2 is 2.12 bits per heavy atom. The number of piperidine rings is 1. The number of likely N-dealkylation sites (tertiary alicyclic amines) is 1. The smallest absolute Gasteiger partial charge is 0.309 e. The lowest BCUT2D eigenvalue weighted by molar-refractivity contribution is -0.936. The Hall–Kier alpha value is -1.92. The fraction of sp³-hybridized carbons (Fsp3) is 0.471. The standard InChI is InChI=1S/C17H20ClN3O3/c1-11(21-8-6-12(7-9-21)17(22)23-2)15-19-20-16(24-15)13-4-3-5-14(18)10-13/h3-5,10-12H,6-9H2,1-2H3/p+1/t11-/m0/s1. The highest BCUT2D eigenvalue weighted by Crippen LogP contribution is 2.23. The number of halogens is 1. The van der Waals surface area contributed by atoms with Gasteiger partial charge in [-0.15, -0.1) is 10.2 Å². The van der Waals surface area contributed by atoms with Crippen molar-refractivity contribution in [2.45, 2.75) is 25.8 Å². The molecule has 128 valence electrons. The van der Waals surface area contributed by atoms with Crippen LogP contribution in [0, 0.1) is 5.92 Å². The fourth-order valence-electron chi connectivity index (χ4n) is 3.15. The Morgan fingerprint density at radius 1 is 1.38 bits per heavy atom. The molecule has 1 aliphatic rings. The number of carbonyl (C=O) groups is 1. The van der Waals surface area contributed by atoms with E-state index in [4.69, 9.17) is 20.8 Å². The molecule has 2 heterocycles. The molecule has 0 amide bonds. The minimum atomic E-state index is -0.109. The van der Waals surface area contributed by atoms with Crippen molar-refractivity contribution in [2.75, 3.05) is 20.2 Å². The van der Waals surface area contributed by atoms with Crippen LogP contribution in [0.3, 0.4) is 0 Å². The van der Waals surface area contributed by atoms with Crippen molar-refractivity contribution in [1.29, 1.82) is 0 Å². The van der Waals surface area contributed by atoms with Crippen LogP contribution in [0.4, 0.5) is 0 Å². The number of rotatable bonds is 4. The Labute approximate surface area is 145 Å². The van der Waals surface area contributed by atoms with Gasteiger partial charge in [-0.1, -0.05) is 17.7 Å². The number of quaternary nitrogens is 1. The largest absolute Gasteiger partial charge is 0.469 e. The zero-order valence-electron chi connectivity index (χ0n) is 13.8. The van der Waals surface area contributed by atoms with Crippen molar-refractivity contribution in [3.63, 3.8) is 0 Å². The quantitative estimate of drug-likeness (QED) is 0.853. The highest BCUT2D eigenvalue weighted by molar-refractivity contribution is 6.30. The van der Waals surface area contributed by atoms with Crippen LogP contribution >= 0.6 is 11.6 Å². The van der Waals surface area contributed by atoms with E-state index >= 15 is 0 Å². The monoisotopic (exact) mass is 350 g/mol. The third-order valence-corrected chi connectivity index (χ3v) is 4.89. The molecule has 6 nitrogen and oxygen atoms in total. The summed E-state index contributed by atoms with van der Waals surface area (Å²) in [6, 6.07) is 7.44. The van der Waals surface area contributed by atoms with Gasteiger partial charge in [-0.2, -0.15) is 0 Å². The minimum Gasteiger partial charge on any atom is -0.469 e. The molecule has 1 atom stereocenters. The van der Waals surface area contributed by atoms with Crippen molar-refractivity contribution in [1.82, 2.24) is 10.2 Å². The van der Waals surface area contributed by atoms with Crippen LogP contribution in [0.2, 0.25) is 5.02 Å². The number of benzene rings is 1. The summed E-state index contributed by atoms with van der Waals surface area (Å²) in [7, 11) is 1.44. The first-order valence-electron chi connectivity index (χ1n) is 8.10. The number of aromatic nitrogens is 2. The Morgan fingerprint density at radius 3 is 2.79 bits per heavy atom. The van der Waals surface area contributed by atoms with Gasteiger partial charge in [0.2, 0.25) is 5.89 Å². The Balaban J connectivity index is 1.66. The van der Waals surface area contributed by atoms with E-state index in [1.807, 2.05) is 12.1 Å². The lowest BCUT2D eigenvalue weighted by atomic mass is 9.96. The molecule has 3 rings (SSSR count). The lowest BCUT2D eigenvalue weighted by Gasteiger charge is -2.30. The number of nitrogens with one attached hydrogen (secondary N) is 1. The van der Waals surface area contributed by atoms with Gasteiger partial charge in [-0.05, 0) is 25.1 Å². The van der Waals surface area contributed by atoms with Crippen molar-refractivity contribution >= 4 is 17.6 Å². The van der Waals surface area contributed by atoms with Gasteiger partial charge in [0.05, 0.1) is 26.1 Å². The first-order valence-corrected chi connectivity index (χ1v) is 8.48. The number of ether oxygens (including phenoxy) is 1. The summed E-state index contributed by atoms with van der Waals surface area (Å²) in [5.41, 5.74) is 0.813. The van der Waals surface area contributed by atoms with E-state index in [-0.39, 0.29) is 17.9 Å². The molecule has 1 aromatic carbocycles. The average Bonchev–Trinajstić information content (AvgIpc) is 3.10. The van der Waals surface area contributed by atoms with E-state index in [1.165, 1.54) is 12.0 Å². The number of methoxy groups -OCH3 is 1. The second-order valence-electron chi connectivity index (χ2n) is 6.13. The van der Waals surface area contributed by atoms with Gasteiger partial charge < -0.3 is 14.1 Å². The average molecular weight is 351 g/mol. The van der Waals surface area contributed by atoms with E-state index in [1.54, 1.807) is 12.1 Å². The molecule has 1 fully saturated rings. The zero-order valence-corrected chi connectivity index (χ0v) is 14.5. The maximum atomic E-state index is 11.6. The van der Waals surface area contributed by atoms with Gasteiger partial charge in [-0.3, -0.25) is 4.79 Å². The SMILES string of the molecule is COC(=O)C1CC[NH+]([C@@H](C)c2nnc(-c3cccc(Cl)c3)o2)CC1. The van der Waals surface area contributed by atoms with Crippen LogP contribution in [-0.4, -0.2) is 36.4 Å². The maximum Gasteiger partial charge on any atom is 0.309 e. The number of hydrogen-bond acceptors (Lipinski definition) is 5. The van der Waals surface area contributed by atoms with Gasteiger partial charge in [0, 0.05) is 23.4 Å². The van der Waals surface area contributed by atoms with Crippen molar-refractivity contribution in [3.8, 4) is 11.5 Å². The van der Waals surface area contributed by atoms with Crippen molar-refractivity contribution in [2.24, 2.45) is 5.92 Å². The Bertz CT molecular complexity index is 711. The van der Waals surface area contributed by atoms with Gasteiger partial charge >= 0.3 is 5.97 Å². The van der Waals surface area contributed by atoms with Gasteiger partial charge in [0.1, 0.15) is 0 Å². The molecule has 1 aromatic heterocycles. The normalized spacial score (nSPS) is 22.1. The van der Waals surface area contributed by atoms with E-state index in [0.717, 1.165) is 31.5 Å². The molecule has 24 heavy (non-hydrogen) atoms. The summed E-state index contributed by atoms with van der Waals surface area (Å²) in [6.07, 6.45) is 1.64. The highest BCUT2D eigenvalue weighted by Gasteiger charge is 2.33. The number of nitrogens with zero attached hydrogens (tertiary/aromatic N) is 2. The zero-order chi connectivity index (χ0) is 17.1. The molecular weight excluding hydrogens is 330 g/mol. The van der Waals surface area contributed by atoms with E-state index < -0.39 is 0 Å². The predicted molar refractivity (Wildman–Crippen MR) is 88.6 cm³/mol. The summed E-state index contributed by atoms with van der Waals surface area (Å²) in [6.45, 7) is 3.84. The van der Waals surface area contributed by atoms with Crippen molar-refractivity contribution < 1.29 is 18.8 Å². The molecule has 1 aliphatic heterocycles. The van der Waals surface area contributed by atoms with Gasteiger partial charge in [-0.25, -0.2) is 0 Å². The van der Waals surface area contributed by atoms with Crippen LogP contribution in [0.15, 0.2) is 28.7 Å². The molecule has 0 aliphatic carbocycles. The Kier molecular flexibility index (Phi) is 5.16. The molecule has 0 unspecified atom stereocenters. The second-order valence-corrected chi connectivity index (χ2v) is 6.57. The fourth-order valence-corrected chi connectivity index (χ4v) is 3.34. The third-order valence-electron chi connectivity index (χ3n) is 4.66. The van der Waals surface area contributed by atoms with Crippen LogP contribution in [0.25, 0.3) is 11.5 Å². The molecular formula is C17H21ClN3O3+. The molecule has 1 N–H and O–H groups in total. The molecule has 0 bridgehead atoms.